The molecule has 11 heteroatoms. The highest BCUT2D eigenvalue weighted by atomic mass is 19.4. The topological polar surface area (TPSA) is 115 Å². The Bertz CT molecular complexity index is 1240. The fraction of sp³-hybridized carbons (Fsp3) is 0.143. The highest BCUT2D eigenvalue weighted by Crippen LogP contribution is 2.31. The summed E-state index contributed by atoms with van der Waals surface area (Å²) in [5.74, 6) is 2.21. The van der Waals surface area contributed by atoms with E-state index < -0.39 is 11.7 Å². The number of anilines is 3. The number of hydrogen-bond donors (Lipinski definition) is 3. The molecule has 2 heterocycles. The van der Waals surface area contributed by atoms with Gasteiger partial charge in [-0.15, -0.1) is 5.10 Å². The molecule has 0 saturated heterocycles. The van der Waals surface area contributed by atoms with Crippen LogP contribution in [0.25, 0.3) is 11.4 Å². The van der Waals surface area contributed by atoms with Gasteiger partial charge in [-0.05, 0) is 30.3 Å². The zero-order valence-electron chi connectivity index (χ0n) is 16.8. The summed E-state index contributed by atoms with van der Waals surface area (Å²) in [7, 11) is 0. The van der Waals surface area contributed by atoms with E-state index >= 15 is 0 Å². The third-order valence-corrected chi connectivity index (χ3v) is 4.35. The first kappa shape index (κ1) is 21.1. The third-order valence-electron chi connectivity index (χ3n) is 4.35. The van der Waals surface area contributed by atoms with Gasteiger partial charge in [-0.2, -0.15) is 23.1 Å². The van der Waals surface area contributed by atoms with Crippen LogP contribution >= 0.6 is 0 Å². The number of hydrogen-bond acceptors (Lipinski definition) is 7. The molecule has 0 unspecified atom stereocenters. The highest BCUT2D eigenvalue weighted by Gasteiger charge is 2.30. The van der Waals surface area contributed by atoms with E-state index in [4.69, 9.17) is 10.5 Å². The van der Waals surface area contributed by atoms with E-state index in [0.29, 0.717) is 41.1 Å². The molecule has 0 saturated carbocycles. The number of alkyl halides is 3. The molecule has 32 heavy (non-hydrogen) atoms. The first-order valence-electron chi connectivity index (χ1n) is 9.58. The van der Waals surface area contributed by atoms with E-state index in [9.17, 15) is 13.2 Å². The van der Waals surface area contributed by atoms with Gasteiger partial charge in [0.05, 0.1) is 5.56 Å². The third kappa shape index (κ3) is 4.94. The number of rotatable bonds is 6. The number of aryl methyl sites for hydroxylation is 1. The molecule has 4 rings (SSSR count). The number of halogens is 3. The summed E-state index contributed by atoms with van der Waals surface area (Å²) in [6, 6.07) is 13.3. The van der Waals surface area contributed by atoms with Crippen LogP contribution in [-0.4, -0.2) is 25.1 Å². The quantitative estimate of drug-likeness (QED) is 0.387. The Morgan fingerprint density at radius 2 is 1.84 bits per heavy atom. The average Bonchev–Trinajstić information content (AvgIpc) is 3.21. The lowest BCUT2D eigenvalue weighted by Gasteiger charge is -2.08. The smallest absolute Gasteiger partial charge is 0.416 e. The molecule has 2 aromatic carbocycles. The van der Waals surface area contributed by atoms with E-state index in [1.54, 1.807) is 24.3 Å². The van der Waals surface area contributed by atoms with Crippen molar-refractivity contribution in [2.45, 2.75) is 19.5 Å². The Morgan fingerprint density at radius 1 is 1.03 bits per heavy atom. The molecule has 8 nitrogen and oxygen atoms in total. The summed E-state index contributed by atoms with van der Waals surface area (Å²) >= 11 is 0. The van der Waals surface area contributed by atoms with E-state index in [2.05, 4.69) is 30.5 Å². The summed E-state index contributed by atoms with van der Waals surface area (Å²) < 4.78 is 44.5. The van der Waals surface area contributed by atoms with Crippen LogP contribution in [-0.2, 0) is 12.6 Å². The lowest BCUT2D eigenvalue weighted by Crippen LogP contribution is -2.05. The molecule has 0 aliphatic carbocycles. The van der Waals surface area contributed by atoms with Crippen LogP contribution < -0.4 is 15.8 Å². The Kier molecular flexibility index (Phi) is 5.63. The van der Waals surface area contributed by atoms with Crippen LogP contribution in [0.5, 0.6) is 11.6 Å². The van der Waals surface area contributed by atoms with Crippen LogP contribution in [0.3, 0.4) is 0 Å². The molecule has 0 radical (unpaired) electrons. The van der Waals surface area contributed by atoms with Crippen molar-refractivity contribution in [2.75, 3.05) is 11.1 Å². The molecule has 2 aromatic heterocycles. The van der Waals surface area contributed by atoms with Crippen LogP contribution in [0.15, 0.2) is 54.6 Å². The van der Waals surface area contributed by atoms with E-state index in [1.807, 2.05) is 6.92 Å². The van der Waals surface area contributed by atoms with E-state index in [0.717, 1.165) is 12.1 Å². The maximum absolute atomic E-state index is 12.9. The fourth-order valence-corrected chi connectivity index (χ4v) is 2.88. The highest BCUT2D eigenvalue weighted by molar-refractivity contribution is 5.61. The Labute approximate surface area is 180 Å². The van der Waals surface area contributed by atoms with Crippen LogP contribution in [0.2, 0.25) is 0 Å². The van der Waals surface area contributed by atoms with Crippen molar-refractivity contribution in [3.8, 4) is 23.0 Å². The number of nitrogen functional groups attached to an aromatic ring is 1. The lowest BCUT2D eigenvalue weighted by molar-refractivity contribution is -0.137. The lowest BCUT2D eigenvalue weighted by atomic mass is 10.2. The van der Waals surface area contributed by atoms with Crippen molar-refractivity contribution in [2.24, 2.45) is 0 Å². The molecular formula is C21H18F3N7O. The molecule has 0 fully saturated rings. The van der Waals surface area contributed by atoms with Crippen molar-refractivity contribution in [3.63, 3.8) is 0 Å². The Morgan fingerprint density at radius 3 is 2.62 bits per heavy atom. The second-order valence-corrected chi connectivity index (χ2v) is 6.74. The largest absolute Gasteiger partial charge is 0.439 e. The molecular weight excluding hydrogens is 423 g/mol. The number of nitrogens with two attached hydrogens (primary N) is 1. The summed E-state index contributed by atoms with van der Waals surface area (Å²) in [6.07, 6.45) is -3.82. The van der Waals surface area contributed by atoms with Gasteiger partial charge in [0, 0.05) is 23.7 Å². The first-order valence-corrected chi connectivity index (χ1v) is 9.58. The predicted molar refractivity (Wildman–Crippen MR) is 112 cm³/mol. The maximum Gasteiger partial charge on any atom is 0.416 e. The average molecular weight is 441 g/mol. The standard InChI is InChI=1S/C21H18F3N7O/c1-2-17-27-16(25)11-18(28-17)32-15-8-3-5-12(9-15)19-29-20(31-30-19)26-14-7-4-6-13(10-14)21(22,23)24/h3-11H,2H2,1H3,(H2,25,27,28)(H2,26,29,30,31). The normalized spacial score (nSPS) is 11.4. The van der Waals surface area contributed by atoms with Crippen molar-refractivity contribution in [1.29, 1.82) is 0 Å². The number of aromatic nitrogens is 5. The van der Waals surface area contributed by atoms with Crippen molar-refractivity contribution >= 4 is 17.5 Å². The molecule has 0 aliphatic rings. The van der Waals surface area contributed by atoms with Crippen molar-refractivity contribution < 1.29 is 17.9 Å². The summed E-state index contributed by atoms with van der Waals surface area (Å²) in [5, 5.41) is 9.54. The van der Waals surface area contributed by atoms with Crippen LogP contribution in [0.4, 0.5) is 30.6 Å². The molecule has 0 spiro atoms. The van der Waals surface area contributed by atoms with E-state index in [-0.39, 0.29) is 11.6 Å². The summed E-state index contributed by atoms with van der Waals surface area (Å²) in [5.41, 5.74) is 5.90. The molecule has 0 bridgehead atoms. The van der Waals surface area contributed by atoms with Gasteiger partial charge < -0.3 is 15.8 Å². The molecule has 164 valence electrons. The molecule has 0 atom stereocenters. The van der Waals surface area contributed by atoms with Gasteiger partial charge in [-0.1, -0.05) is 25.1 Å². The number of nitrogens with one attached hydrogen (secondary N) is 2. The van der Waals surface area contributed by atoms with Gasteiger partial charge in [-0.25, -0.2) is 4.98 Å². The van der Waals surface area contributed by atoms with Crippen LogP contribution in [0.1, 0.15) is 18.3 Å². The van der Waals surface area contributed by atoms with E-state index in [1.165, 1.54) is 18.2 Å². The number of benzene rings is 2. The number of H-pyrrole nitrogens is 1. The number of nitrogens with zero attached hydrogens (tertiary/aromatic N) is 4. The van der Waals surface area contributed by atoms with Gasteiger partial charge >= 0.3 is 6.18 Å². The van der Waals surface area contributed by atoms with Gasteiger partial charge in [0.2, 0.25) is 11.8 Å². The van der Waals surface area contributed by atoms with Gasteiger partial charge in [0.1, 0.15) is 17.4 Å². The van der Waals surface area contributed by atoms with Gasteiger partial charge in [-0.3, -0.25) is 5.10 Å². The fourth-order valence-electron chi connectivity index (χ4n) is 2.88. The molecule has 4 N–H and O–H groups in total. The summed E-state index contributed by atoms with van der Waals surface area (Å²) in [6.45, 7) is 1.91. The Hall–Kier alpha value is -4.15. The van der Waals surface area contributed by atoms with Crippen molar-refractivity contribution in [3.05, 3.63) is 66.0 Å². The second kappa shape index (κ2) is 8.53. The number of ether oxygens (including phenoxy) is 1. The summed E-state index contributed by atoms with van der Waals surface area (Å²) in [4.78, 5) is 12.7. The molecule has 0 amide bonds. The minimum absolute atomic E-state index is 0.127. The minimum atomic E-state index is -4.44. The molecule has 0 aliphatic heterocycles. The minimum Gasteiger partial charge on any atom is -0.439 e. The predicted octanol–water partition coefficient (Wildman–Crippen LogP) is 4.96. The zero-order chi connectivity index (χ0) is 22.7. The van der Waals surface area contributed by atoms with Gasteiger partial charge in [0.25, 0.3) is 0 Å². The zero-order valence-corrected chi connectivity index (χ0v) is 16.8. The maximum atomic E-state index is 12.9. The van der Waals surface area contributed by atoms with Gasteiger partial charge in [0.15, 0.2) is 5.82 Å². The number of aromatic amines is 1. The SMILES string of the molecule is CCc1nc(N)cc(Oc2cccc(-c3nc(Nc4cccc(C(F)(F)F)c4)n[nH]3)c2)n1. The Balaban J connectivity index is 1.52. The first-order chi connectivity index (χ1) is 15.3. The van der Waals surface area contributed by atoms with Crippen molar-refractivity contribution in [1.82, 2.24) is 25.1 Å². The van der Waals surface area contributed by atoms with Crippen LogP contribution in [0, 0.1) is 0 Å². The monoisotopic (exact) mass is 441 g/mol. The molecule has 4 aromatic rings. The second-order valence-electron chi connectivity index (χ2n) is 6.74.